The zero-order chi connectivity index (χ0) is 23.4. The van der Waals surface area contributed by atoms with Crippen LogP contribution in [0, 0.1) is 11.6 Å². The molecule has 0 radical (unpaired) electrons. The molecule has 0 aliphatic rings. The van der Waals surface area contributed by atoms with Gasteiger partial charge in [-0.05, 0) is 24.3 Å². The van der Waals surface area contributed by atoms with E-state index in [0.29, 0.717) is 22.8 Å². The topological polar surface area (TPSA) is 99.4 Å². The number of para-hydroxylation sites is 1. The molecule has 0 fully saturated rings. The molecule has 168 valence electrons. The average molecular weight is 452 g/mol. The Morgan fingerprint density at radius 1 is 1.12 bits per heavy atom. The van der Waals surface area contributed by atoms with Crippen molar-refractivity contribution in [3.05, 3.63) is 72.2 Å². The molecule has 4 rings (SSSR count). The summed E-state index contributed by atoms with van der Waals surface area (Å²) in [5.74, 6) is -1.14. The van der Waals surface area contributed by atoms with Crippen LogP contribution < -0.4 is 14.8 Å². The molecule has 2 aromatic heterocycles. The van der Waals surface area contributed by atoms with Gasteiger partial charge in [-0.2, -0.15) is 0 Å². The van der Waals surface area contributed by atoms with E-state index in [1.54, 1.807) is 24.3 Å². The number of nitrogens with one attached hydrogen (secondary N) is 1. The van der Waals surface area contributed by atoms with Crippen LogP contribution in [0.3, 0.4) is 0 Å². The number of carbonyl (C=O) groups excluding carboxylic acids is 1. The maximum atomic E-state index is 14.5. The predicted octanol–water partition coefficient (Wildman–Crippen LogP) is 4.28. The SMILES string of the molecule is COc1cccc(CC(=O)Nc2onc(-c3ccc(F)cc3F)c2-c2ccncn2)c1OC. The van der Waals surface area contributed by atoms with Crippen molar-refractivity contribution in [3.63, 3.8) is 0 Å². The minimum atomic E-state index is -0.836. The highest BCUT2D eigenvalue weighted by molar-refractivity contribution is 5.97. The quantitative estimate of drug-likeness (QED) is 0.447. The number of ether oxygens (including phenoxy) is 2. The Balaban J connectivity index is 1.70. The van der Waals surface area contributed by atoms with Crippen LogP contribution in [0.15, 0.2) is 59.5 Å². The Hall–Kier alpha value is -4.34. The molecule has 33 heavy (non-hydrogen) atoms. The van der Waals surface area contributed by atoms with Gasteiger partial charge in [0.2, 0.25) is 11.8 Å². The third kappa shape index (κ3) is 4.49. The summed E-state index contributed by atoms with van der Waals surface area (Å²) in [5.41, 5.74) is 1.19. The number of carbonyl (C=O) groups is 1. The molecule has 2 aromatic carbocycles. The molecule has 0 aliphatic carbocycles. The van der Waals surface area contributed by atoms with Gasteiger partial charge in [-0.1, -0.05) is 17.3 Å². The summed E-state index contributed by atoms with van der Waals surface area (Å²) in [6.07, 6.45) is 2.71. The second kappa shape index (κ2) is 9.43. The Morgan fingerprint density at radius 2 is 1.97 bits per heavy atom. The van der Waals surface area contributed by atoms with Crippen LogP contribution >= 0.6 is 0 Å². The van der Waals surface area contributed by atoms with E-state index >= 15 is 0 Å². The number of amides is 1. The molecular formula is C23H18F2N4O4. The highest BCUT2D eigenvalue weighted by Gasteiger charge is 2.25. The molecule has 0 atom stereocenters. The molecule has 10 heteroatoms. The van der Waals surface area contributed by atoms with E-state index in [2.05, 4.69) is 20.4 Å². The molecule has 2 heterocycles. The van der Waals surface area contributed by atoms with E-state index in [1.165, 1.54) is 32.8 Å². The number of hydrogen-bond acceptors (Lipinski definition) is 7. The van der Waals surface area contributed by atoms with Crippen LogP contribution in [0.25, 0.3) is 22.5 Å². The molecule has 0 saturated heterocycles. The van der Waals surface area contributed by atoms with Crippen LogP contribution in [0.4, 0.5) is 14.7 Å². The maximum absolute atomic E-state index is 14.5. The molecule has 0 spiro atoms. The van der Waals surface area contributed by atoms with Gasteiger partial charge in [-0.15, -0.1) is 0 Å². The minimum absolute atomic E-state index is 0.0104. The van der Waals surface area contributed by atoms with E-state index in [9.17, 15) is 13.6 Å². The number of nitrogens with zero attached hydrogens (tertiary/aromatic N) is 3. The molecule has 1 amide bonds. The lowest BCUT2D eigenvalue weighted by Crippen LogP contribution is -2.15. The van der Waals surface area contributed by atoms with Gasteiger partial charge in [0.05, 0.1) is 31.9 Å². The summed E-state index contributed by atoms with van der Waals surface area (Å²) in [6.45, 7) is 0. The summed E-state index contributed by atoms with van der Waals surface area (Å²) in [7, 11) is 2.98. The number of aromatic nitrogens is 3. The van der Waals surface area contributed by atoms with Crippen molar-refractivity contribution in [2.24, 2.45) is 0 Å². The normalized spacial score (nSPS) is 10.7. The zero-order valence-corrected chi connectivity index (χ0v) is 17.6. The molecule has 0 unspecified atom stereocenters. The molecule has 0 bridgehead atoms. The first-order chi connectivity index (χ1) is 16.0. The Morgan fingerprint density at radius 3 is 2.67 bits per heavy atom. The summed E-state index contributed by atoms with van der Waals surface area (Å²) in [6, 6.07) is 9.81. The van der Waals surface area contributed by atoms with Crippen molar-refractivity contribution in [1.82, 2.24) is 15.1 Å². The second-order valence-electron chi connectivity index (χ2n) is 6.83. The van der Waals surface area contributed by atoms with Crippen LogP contribution in [0.2, 0.25) is 0 Å². The lowest BCUT2D eigenvalue weighted by molar-refractivity contribution is -0.115. The van der Waals surface area contributed by atoms with E-state index < -0.39 is 17.5 Å². The number of methoxy groups -OCH3 is 2. The van der Waals surface area contributed by atoms with Crippen LogP contribution in [-0.2, 0) is 11.2 Å². The standard InChI is InChI=1S/C23H18F2N4O4/c1-31-18-5-3-4-13(22(18)32-2)10-19(30)28-23-20(17-8-9-26-12-27-17)21(29-33-23)15-7-6-14(24)11-16(15)25/h3-9,11-12H,10H2,1-2H3,(H,28,30). The van der Waals surface area contributed by atoms with Crippen molar-refractivity contribution >= 4 is 11.8 Å². The number of hydrogen-bond donors (Lipinski definition) is 1. The first kappa shape index (κ1) is 21.9. The van der Waals surface area contributed by atoms with E-state index in [4.69, 9.17) is 14.0 Å². The highest BCUT2D eigenvalue weighted by Crippen LogP contribution is 2.38. The fourth-order valence-corrected chi connectivity index (χ4v) is 3.35. The number of halogens is 2. The van der Waals surface area contributed by atoms with E-state index in [-0.39, 0.29) is 29.1 Å². The van der Waals surface area contributed by atoms with E-state index in [0.717, 1.165) is 12.1 Å². The van der Waals surface area contributed by atoms with Gasteiger partial charge in [0, 0.05) is 23.4 Å². The number of rotatable bonds is 7. The van der Waals surface area contributed by atoms with Crippen molar-refractivity contribution < 1.29 is 27.6 Å². The molecule has 0 saturated carbocycles. The number of anilines is 1. The Kier molecular flexibility index (Phi) is 6.25. The van der Waals surface area contributed by atoms with Crippen LogP contribution in [0.5, 0.6) is 11.5 Å². The van der Waals surface area contributed by atoms with Gasteiger partial charge in [-0.25, -0.2) is 18.7 Å². The lowest BCUT2D eigenvalue weighted by Gasteiger charge is -2.12. The van der Waals surface area contributed by atoms with Gasteiger partial charge in [0.1, 0.15) is 23.7 Å². The minimum Gasteiger partial charge on any atom is -0.493 e. The van der Waals surface area contributed by atoms with Crippen molar-refractivity contribution in [2.45, 2.75) is 6.42 Å². The third-order valence-electron chi connectivity index (χ3n) is 4.80. The van der Waals surface area contributed by atoms with Gasteiger partial charge < -0.3 is 14.0 Å². The first-order valence-corrected chi connectivity index (χ1v) is 9.73. The van der Waals surface area contributed by atoms with Crippen molar-refractivity contribution in [2.75, 3.05) is 19.5 Å². The largest absolute Gasteiger partial charge is 0.493 e. The number of benzene rings is 2. The van der Waals surface area contributed by atoms with Gasteiger partial charge >= 0.3 is 0 Å². The third-order valence-corrected chi connectivity index (χ3v) is 4.80. The second-order valence-corrected chi connectivity index (χ2v) is 6.83. The summed E-state index contributed by atoms with van der Waals surface area (Å²) >= 11 is 0. The Bertz CT molecular complexity index is 1300. The molecule has 4 aromatic rings. The van der Waals surface area contributed by atoms with Crippen molar-refractivity contribution in [3.8, 4) is 34.0 Å². The Labute approximate surface area is 187 Å². The lowest BCUT2D eigenvalue weighted by atomic mass is 10.0. The molecule has 1 N–H and O–H groups in total. The monoisotopic (exact) mass is 452 g/mol. The highest BCUT2D eigenvalue weighted by atomic mass is 19.1. The average Bonchev–Trinajstić information content (AvgIpc) is 3.22. The first-order valence-electron chi connectivity index (χ1n) is 9.73. The summed E-state index contributed by atoms with van der Waals surface area (Å²) in [5, 5.41) is 6.56. The van der Waals surface area contributed by atoms with Crippen LogP contribution in [-0.4, -0.2) is 35.3 Å². The summed E-state index contributed by atoms with van der Waals surface area (Å²) in [4.78, 5) is 20.9. The van der Waals surface area contributed by atoms with Crippen molar-refractivity contribution in [1.29, 1.82) is 0 Å². The smallest absolute Gasteiger partial charge is 0.241 e. The fraction of sp³-hybridized carbons (Fsp3) is 0.130. The zero-order valence-electron chi connectivity index (χ0n) is 17.6. The van der Waals surface area contributed by atoms with Gasteiger partial charge in [-0.3, -0.25) is 10.1 Å². The van der Waals surface area contributed by atoms with Gasteiger partial charge in [0.25, 0.3) is 0 Å². The van der Waals surface area contributed by atoms with Gasteiger partial charge in [0.15, 0.2) is 11.5 Å². The molecular weight excluding hydrogens is 434 g/mol. The van der Waals surface area contributed by atoms with E-state index in [1.807, 2.05) is 0 Å². The summed E-state index contributed by atoms with van der Waals surface area (Å²) < 4.78 is 43.9. The predicted molar refractivity (Wildman–Crippen MR) is 115 cm³/mol. The molecule has 0 aliphatic heterocycles. The fourth-order valence-electron chi connectivity index (χ4n) is 3.35. The molecule has 8 nitrogen and oxygen atoms in total. The maximum Gasteiger partial charge on any atom is 0.241 e. The van der Waals surface area contributed by atoms with Crippen LogP contribution in [0.1, 0.15) is 5.56 Å².